The van der Waals surface area contributed by atoms with Crippen LogP contribution in [0.1, 0.15) is 13.8 Å². The van der Waals surface area contributed by atoms with Gasteiger partial charge in [0.05, 0.1) is 16.1 Å². The Hall–Kier alpha value is -1.90. The summed E-state index contributed by atoms with van der Waals surface area (Å²) in [5.41, 5.74) is -0.623. The third-order valence-electron chi connectivity index (χ3n) is 3.09. The summed E-state index contributed by atoms with van der Waals surface area (Å²) in [5.74, 6) is 2.82. The van der Waals surface area contributed by atoms with Crippen molar-refractivity contribution in [2.75, 3.05) is 6.26 Å². The number of amides is 1. The van der Waals surface area contributed by atoms with Crippen LogP contribution in [0.5, 0.6) is 5.75 Å². The van der Waals surface area contributed by atoms with E-state index in [0.29, 0.717) is 10.8 Å². The van der Waals surface area contributed by atoms with E-state index in [-0.39, 0.29) is 5.91 Å². The maximum atomic E-state index is 12.3. The van der Waals surface area contributed by atoms with E-state index < -0.39 is 11.0 Å². The van der Waals surface area contributed by atoms with Crippen molar-refractivity contribution in [2.45, 2.75) is 24.8 Å². The summed E-state index contributed by atoms with van der Waals surface area (Å²) in [6.07, 6.45) is 8.78. The van der Waals surface area contributed by atoms with Gasteiger partial charge in [0.1, 0.15) is 5.75 Å². The van der Waals surface area contributed by atoms with Gasteiger partial charge in [-0.05, 0) is 44.4 Å². The number of fused-ring (bicyclic) bond motifs is 1. The molecule has 4 nitrogen and oxygen atoms in total. The predicted molar refractivity (Wildman–Crippen MR) is 95.7 cm³/mol. The van der Waals surface area contributed by atoms with Gasteiger partial charge in [-0.3, -0.25) is 9.78 Å². The lowest BCUT2D eigenvalue weighted by Gasteiger charge is -2.23. The van der Waals surface area contributed by atoms with Crippen LogP contribution in [-0.4, -0.2) is 28.1 Å². The van der Waals surface area contributed by atoms with Crippen LogP contribution in [0.15, 0.2) is 30.5 Å². The molecule has 1 N–H and O–H groups in total. The Morgan fingerprint density at radius 2 is 2.22 bits per heavy atom. The molecule has 0 spiro atoms. The quantitative estimate of drug-likeness (QED) is 0.664. The number of ether oxygens (including phenoxy) is 1. The molecular formula is C17H17ClN2O2S. The third kappa shape index (κ3) is 4.54. The van der Waals surface area contributed by atoms with Crippen molar-refractivity contribution in [3.8, 4) is 18.1 Å². The largest absolute Gasteiger partial charge is 0.470 e. The second kappa shape index (κ2) is 7.12. The molecule has 0 fully saturated rings. The monoisotopic (exact) mass is 348 g/mol. The lowest BCUT2D eigenvalue weighted by molar-refractivity contribution is -0.125. The summed E-state index contributed by atoms with van der Waals surface area (Å²) in [6.45, 7) is 3.51. The van der Waals surface area contributed by atoms with Gasteiger partial charge in [-0.2, -0.15) is 0 Å². The second-order valence-electron chi connectivity index (χ2n) is 5.45. The standard InChI is InChI=1S/C17H17ClN2O2S/c1-5-17(2,3)20-15(21)16(23-4)22-13-6-7-14-11(9-13)8-12(18)10-19-14/h1,6-10,16H,2-4H3,(H,20,21). The molecule has 1 aromatic carbocycles. The molecule has 2 rings (SSSR count). The average Bonchev–Trinajstić information content (AvgIpc) is 2.51. The highest BCUT2D eigenvalue weighted by atomic mass is 35.5. The molecule has 1 amide bonds. The zero-order chi connectivity index (χ0) is 17.0. The van der Waals surface area contributed by atoms with Crippen LogP contribution in [0.25, 0.3) is 10.9 Å². The van der Waals surface area contributed by atoms with Crippen molar-refractivity contribution >= 4 is 40.2 Å². The number of aromatic nitrogens is 1. The number of carbonyl (C=O) groups excluding carboxylic acids is 1. The van der Waals surface area contributed by atoms with Gasteiger partial charge < -0.3 is 10.1 Å². The van der Waals surface area contributed by atoms with Gasteiger partial charge in [0.15, 0.2) is 0 Å². The molecule has 1 heterocycles. The molecule has 120 valence electrons. The Bertz CT molecular complexity index is 771. The van der Waals surface area contributed by atoms with E-state index in [2.05, 4.69) is 16.2 Å². The van der Waals surface area contributed by atoms with Crippen LogP contribution < -0.4 is 10.1 Å². The molecule has 0 aliphatic carbocycles. The summed E-state index contributed by atoms with van der Waals surface area (Å²) in [5, 5.41) is 4.16. The highest BCUT2D eigenvalue weighted by Crippen LogP contribution is 2.24. The van der Waals surface area contributed by atoms with E-state index in [0.717, 1.165) is 10.9 Å². The van der Waals surface area contributed by atoms with Crippen LogP contribution in [-0.2, 0) is 4.79 Å². The number of carbonyl (C=O) groups is 1. The van der Waals surface area contributed by atoms with Crippen LogP contribution >= 0.6 is 23.4 Å². The van der Waals surface area contributed by atoms with Gasteiger partial charge in [0.2, 0.25) is 5.44 Å². The summed E-state index contributed by atoms with van der Waals surface area (Å²) >= 11 is 7.24. The van der Waals surface area contributed by atoms with Crippen LogP contribution in [0.2, 0.25) is 5.02 Å². The van der Waals surface area contributed by atoms with E-state index in [9.17, 15) is 4.79 Å². The van der Waals surface area contributed by atoms with Crippen molar-refractivity contribution < 1.29 is 9.53 Å². The fourth-order valence-electron chi connectivity index (χ4n) is 1.89. The first-order valence-corrected chi connectivity index (χ1v) is 8.56. The number of pyridine rings is 1. The maximum absolute atomic E-state index is 12.3. The number of nitrogens with zero attached hydrogens (tertiary/aromatic N) is 1. The first kappa shape index (κ1) is 17.5. The Morgan fingerprint density at radius 3 is 2.87 bits per heavy atom. The summed E-state index contributed by atoms with van der Waals surface area (Å²) < 4.78 is 5.78. The molecular weight excluding hydrogens is 332 g/mol. The molecule has 1 atom stereocenters. The minimum absolute atomic E-state index is 0.273. The van der Waals surface area contributed by atoms with Gasteiger partial charge in [-0.25, -0.2) is 0 Å². The molecule has 0 aliphatic heterocycles. The Morgan fingerprint density at radius 1 is 1.48 bits per heavy atom. The molecule has 0 radical (unpaired) electrons. The Labute approximate surface area is 145 Å². The van der Waals surface area contributed by atoms with Crippen LogP contribution in [0.4, 0.5) is 0 Å². The number of nitrogens with one attached hydrogen (secondary N) is 1. The van der Waals surface area contributed by atoms with E-state index in [1.165, 1.54) is 11.8 Å². The summed E-state index contributed by atoms with van der Waals surface area (Å²) in [6, 6.07) is 7.19. The molecule has 2 aromatic rings. The fraction of sp³-hybridized carbons (Fsp3) is 0.294. The Balaban J connectivity index is 2.18. The van der Waals surface area contributed by atoms with Gasteiger partial charge in [-0.15, -0.1) is 18.2 Å². The molecule has 1 unspecified atom stereocenters. The van der Waals surface area contributed by atoms with Crippen molar-refractivity contribution in [3.63, 3.8) is 0 Å². The SMILES string of the molecule is C#CC(C)(C)NC(=O)C(Oc1ccc2ncc(Cl)cc2c1)SC. The van der Waals surface area contributed by atoms with Gasteiger partial charge in [-0.1, -0.05) is 17.5 Å². The van der Waals surface area contributed by atoms with E-state index in [1.807, 2.05) is 6.07 Å². The average molecular weight is 349 g/mol. The number of terminal acetylenes is 1. The number of hydrogen-bond donors (Lipinski definition) is 1. The normalized spacial score (nSPS) is 12.5. The molecule has 0 saturated heterocycles. The van der Waals surface area contributed by atoms with Crippen LogP contribution in [0, 0.1) is 12.3 Å². The van der Waals surface area contributed by atoms with Crippen LogP contribution in [0.3, 0.4) is 0 Å². The third-order valence-corrected chi connectivity index (χ3v) is 4.03. The number of thioether (sulfide) groups is 1. The van der Waals surface area contributed by atoms with E-state index in [4.69, 9.17) is 22.8 Å². The number of benzene rings is 1. The molecule has 0 bridgehead atoms. The maximum Gasteiger partial charge on any atom is 0.272 e. The first-order chi connectivity index (χ1) is 10.8. The van der Waals surface area contributed by atoms with Crippen molar-refractivity contribution in [1.82, 2.24) is 10.3 Å². The number of halogens is 1. The molecule has 0 aliphatic rings. The second-order valence-corrected chi connectivity index (χ2v) is 6.79. The molecule has 23 heavy (non-hydrogen) atoms. The number of hydrogen-bond acceptors (Lipinski definition) is 4. The highest BCUT2D eigenvalue weighted by Gasteiger charge is 2.25. The number of rotatable bonds is 5. The lowest BCUT2D eigenvalue weighted by atomic mass is 10.1. The topological polar surface area (TPSA) is 51.2 Å². The Kier molecular flexibility index (Phi) is 5.40. The van der Waals surface area contributed by atoms with Gasteiger partial charge in [0.25, 0.3) is 5.91 Å². The minimum atomic E-state index is -0.727. The lowest BCUT2D eigenvalue weighted by Crippen LogP contribution is -2.47. The van der Waals surface area contributed by atoms with Crippen molar-refractivity contribution in [1.29, 1.82) is 0 Å². The van der Waals surface area contributed by atoms with Crippen molar-refractivity contribution in [3.05, 3.63) is 35.5 Å². The van der Waals surface area contributed by atoms with E-state index >= 15 is 0 Å². The van der Waals surface area contributed by atoms with Gasteiger partial charge >= 0.3 is 0 Å². The summed E-state index contributed by atoms with van der Waals surface area (Å²) in [7, 11) is 0. The first-order valence-electron chi connectivity index (χ1n) is 6.89. The zero-order valence-corrected chi connectivity index (χ0v) is 14.7. The minimum Gasteiger partial charge on any atom is -0.470 e. The zero-order valence-electron chi connectivity index (χ0n) is 13.1. The molecule has 1 aromatic heterocycles. The molecule has 6 heteroatoms. The van der Waals surface area contributed by atoms with E-state index in [1.54, 1.807) is 44.5 Å². The molecule has 0 saturated carbocycles. The summed E-state index contributed by atoms with van der Waals surface area (Å²) in [4.78, 5) is 16.5. The van der Waals surface area contributed by atoms with Gasteiger partial charge in [0, 0.05) is 11.6 Å². The predicted octanol–water partition coefficient (Wildman–Crippen LogP) is 3.48. The fourth-order valence-corrected chi connectivity index (χ4v) is 2.54. The smallest absolute Gasteiger partial charge is 0.272 e. The highest BCUT2D eigenvalue weighted by molar-refractivity contribution is 7.99. The van der Waals surface area contributed by atoms with Crippen molar-refractivity contribution in [2.24, 2.45) is 0 Å².